The van der Waals surface area contributed by atoms with Gasteiger partial charge in [0.15, 0.2) is 0 Å². The Morgan fingerprint density at radius 2 is 2.18 bits per heavy atom. The Labute approximate surface area is 65.1 Å². The van der Waals surface area contributed by atoms with Crippen molar-refractivity contribution < 1.29 is 9.47 Å². The van der Waals surface area contributed by atoms with Gasteiger partial charge in [-0.3, -0.25) is 0 Å². The molecule has 1 atom stereocenters. The van der Waals surface area contributed by atoms with Crippen molar-refractivity contribution in [3.8, 4) is 0 Å². The second-order valence-corrected chi connectivity index (χ2v) is 2.33. The van der Waals surface area contributed by atoms with Crippen molar-refractivity contribution in [2.75, 3.05) is 0 Å². The molecule has 0 saturated carbocycles. The topological polar surface area (TPSA) is 18.5 Å². The average Bonchev–Trinajstić information content (AvgIpc) is 2.28. The van der Waals surface area contributed by atoms with Crippen LogP contribution in [0.15, 0.2) is 48.7 Å². The number of hydrogen-bond donors (Lipinski definition) is 0. The molecule has 0 N–H and O–H groups in total. The van der Waals surface area contributed by atoms with Crippen LogP contribution in [0.5, 0.6) is 0 Å². The van der Waals surface area contributed by atoms with E-state index in [2.05, 4.69) is 0 Å². The van der Waals surface area contributed by atoms with Crippen LogP contribution in [-0.2, 0) is 9.47 Å². The van der Waals surface area contributed by atoms with Crippen molar-refractivity contribution in [3.63, 3.8) is 0 Å². The van der Waals surface area contributed by atoms with E-state index >= 15 is 0 Å². The predicted octanol–water partition coefficient (Wildman–Crippen LogP) is 1.88. The highest BCUT2D eigenvalue weighted by molar-refractivity contribution is 5.34. The van der Waals surface area contributed by atoms with Gasteiger partial charge < -0.3 is 9.47 Å². The smallest absolute Gasteiger partial charge is 0.144 e. The van der Waals surface area contributed by atoms with Crippen molar-refractivity contribution >= 4 is 0 Å². The van der Waals surface area contributed by atoms with Gasteiger partial charge in [0, 0.05) is 5.57 Å². The van der Waals surface area contributed by atoms with Gasteiger partial charge in [-0.05, 0) is 6.08 Å². The van der Waals surface area contributed by atoms with E-state index in [1.54, 1.807) is 12.5 Å². The Kier molecular flexibility index (Phi) is 1.52. The summed E-state index contributed by atoms with van der Waals surface area (Å²) in [5.41, 5.74) is 1.04. The fourth-order valence-corrected chi connectivity index (χ4v) is 1.03. The van der Waals surface area contributed by atoms with Gasteiger partial charge in [-0.2, -0.15) is 0 Å². The lowest BCUT2D eigenvalue weighted by Crippen LogP contribution is -2.09. The summed E-state index contributed by atoms with van der Waals surface area (Å²) in [6.45, 7) is 0. The van der Waals surface area contributed by atoms with Gasteiger partial charge in [-0.15, -0.1) is 0 Å². The van der Waals surface area contributed by atoms with Crippen molar-refractivity contribution in [1.82, 2.24) is 0 Å². The second kappa shape index (κ2) is 2.66. The average molecular weight is 148 g/mol. The van der Waals surface area contributed by atoms with Crippen LogP contribution in [0.4, 0.5) is 0 Å². The first-order valence-electron chi connectivity index (χ1n) is 3.48. The first-order valence-corrected chi connectivity index (χ1v) is 3.48. The minimum Gasteiger partial charge on any atom is -0.486 e. The summed E-state index contributed by atoms with van der Waals surface area (Å²) < 4.78 is 10.3. The van der Waals surface area contributed by atoms with Gasteiger partial charge in [-0.1, -0.05) is 18.2 Å². The zero-order valence-electron chi connectivity index (χ0n) is 5.94. The van der Waals surface area contributed by atoms with Crippen molar-refractivity contribution in [2.45, 2.75) is 6.10 Å². The highest BCUT2D eigenvalue weighted by atomic mass is 16.5. The lowest BCUT2D eigenvalue weighted by Gasteiger charge is -2.13. The molecule has 0 aromatic heterocycles. The second-order valence-electron chi connectivity index (χ2n) is 2.33. The molecule has 0 radical (unpaired) electrons. The number of rotatable bonds is 0. The van der Waals surface area contributed by atoms with E-state index in [-0.39, 0.29) is 6.10 Å². The molecule has 2 rings (SSSR count). The minimum atomic E-state index is 0.0266. The van der Waals surface area contributed by atoms with Crippen LogP contribution < -0.4 is 0 Å². The lowest BCUT2D eigenvalue weighted by atomic mass is 10.1. The standard InChI is InChI=1S/C9H8O2/c1-2-4-9-8(3-1)7-10-5-6-11-9/h1-7,9H. The van der Waals surface area contributed by atoms with Crippen LogP contribution in [0.3, 0.4) is 0 Å². The molecule has 56 valence electrons. The van der Waals surface area contributed by atoms with Crippen LogP contribution in [0, 0.1) is 0 Å². The van der Waals surface area contributed by atoms with Gasteiger partial charge in [-0.25, -0.2) is 0 Å². The molecule has 1 aliphatic heterocycles. The fraction of sp³-hybridized carbons (Fsp3) is 0.111. The molecule has 1 unspecified atom stereocenters. The van der Waals surface area contributed by atoms with Crippen LogP contribution in [-0.4, -0.2) is 6.10 Å². The zero-order valence-corrected chi connectivity index (χ0v) is 5.94. The molecule has 2 nitrogen and oxygen atoms in total. The van der Waals surface area contributed by atoms with Crippen molar-refractivity contribution in [3.05, 3.63) is 48.7 Å². The normalized spacial score (nSPS) is 26.2. The molecule has 0 fully saturated rings. The summed E-state index contributed by atoms with van der Waals surface area (Å²) >= 11 is 0. The number of hydrogen-bond acceptors (Lipinski definition) is 2. The molecule has 2 heteroatoms. The Hall–Kier alpha value is -1.44. The molecular weight excluding hydrogens is 140 g/mol. The number of allylic oxidation sites excluding steroid dienone is 2. The molecule has 1 aliphatic carbocycles. The lowest BCUT2D eigenvalue weighted by molar-refractivity contribution is 0.219. The Balaban J connectivity index is 2.27. The maximum Gasteiger partial charge on any atom is 0.144 e. The van der Waals surface area contributed by atoms with Crippen molar-refractivity contribution in [1.29, 1.82) is 0 Å². The van der Waals surface area contributed by atoms with Gasteiger partial charge >= 0.3 is 0 Å². The van der Waals surface area contributed by atoms with Gasteiger partial charge in [0.2, 0.25) is 0 Å². The van der Waals surface area contributed by atoms with Gasteiger partial charge in [0.25, 0.3) is 0 Å². The molecule has 0 spiro atoms. The molecule has 1 heterocycles. The first-order chi connectivity index (χ1) is 5.47. The summed E-state index contributed by atoms with van der Waals surface area (Å²) in [4.78, 5) is 0. The first kappa shape index (κ1) is 6.28. The molecular formula is C9H8O2. The predicted molar refractivity (Wildman–Crippen MR) is 41.5 cm³/mol. The molecule has 0 saturated heterocycles. The molecule has 11 heavy (non-hydrogen) atoms. The Morgan fingerprint density at radius 3 is 3.18 bits per heavy atom. The molecule has 0 amide bonds. The van der Waals surface area contributed by atoms with E-state index < -0.39 is 0 Å². The van der Waals surface area contributed by atoms with E-state index in [1.165, 1.54) is 6.26 Å². The minimum absolute atomic E-state index is 0.0266. The number of fused-ring (bicyclic) bond motifs is 1. The SMILES string of the molecule is C1=CC2=COC=COC2C=C1. The highest BCUT2D eigenvalue weighted by Crippen LogP contribution is 2.17. The van der Waals surface area contributed by atoms with E-state index in [9.17, 15) is 0 Å². The Morgan fingerprint density at radius 1 is 1.18 bits per heavy atom. The summed E-state index contributed by atoms with van der Waals surface area (Å²) in [5, 5.41) is 0. The fourth-order valence-electron chi connectivity index (χ4n) is 1.03. The maximum atomic E-state index is 5.29. The van der Waals surface area contributed by atoms with Crippen LogP contribution >= 0.6 is 0 Å². The van der Waals surface area contributed by atoms with Gasteiger partial charge in [0.1, 0.15) is 18.6 Å². The summed E-state index contributed by atoms with van der Waals surface area (Å²) in [5.74, 6) is 0. The summed E-state index contributed by atoms with van der Waals surface area (Å²) in [6, 6.07) is 0. The molecule has 0 aromatic rings. The highest BCUT2D eigenvalue weighted by Gasteiger charge is 2.12. The largest absolute Gasteiger partial charge is 0.486 e. The quantitative estimate of drug-likeness (QED) is 0.522. The number of ether oxygens (including phenoxy) is 2. The summed E-state index contributed by atoms with van der Waals surface area (Å²) in [6.07, 6.45) is 12.7. The van der Waals surface area contributed by atoms with Crippen molar-refractivity contribution in [2.24, 2.45) is 0 Å². The third-order valence-corrected chi connectivity index (χ3v) is 1.58. The van der Waals surface area contributed by atoms with Crippen LogP contribution in [0.1, 0.15) is 0 Å². The third kappa shape index (κ3) is 1.19. The van der Waals surface area contributed by atoms with E-state index in [0.29, 0.717) is 0 Å². The molecule has 2 aliphatic rings. The molecule has 0 bridgehead atoms. The Bertz CT molecular complexity index is 259. The maximum absolute atomic E-state index is 5.29. The monoisotopic (exact) mass is 148 g/mol. The molecule has 0 aromatic carbocycles. The van der Waals surface area contributed by atoms with Gasteiger partial charge in [0.05, 0.1) is 6.26 Å². The zero-order chi connectivity index (χ0) is 7.52. The van der Waals surface area contributed by atoms with E-state index in [1.807, 2.05) is 24.3 Å². The van der Waals surface area contributed by atoms with Crippen LogP contribution in [0.2, 0.25) is 0 Å². The third-order valence-electron chi connectivity index (χ3n) is 1.58. The van der Waals surface area contributed by atoms with E-state index in [4.69, 9.17) is 9.47 Å². The summed E-state index contributed by atoms with van der Waals surface area (Å²) in [7, 11) is 0. The van der Waals surface area contributed by atoms with Crippen LogP contribution in [0.25, 0.3) is 0 Å². The van der Waals surface area contributed by atoms with E-state index in [0.717, 1.165) is 5.57 Å².